The molecule has 1 saturated carbocycles. The molecule has 0 heterocycles. The Kier molecular flexibility index (Phi) is 2.90. The van der Waals surface area contributed by atoms with Crippen LogP contribution in [0.2, 0.25) is 0 Å². The van der Waals surface area contributed by atoms with Crippen molar-refractivity contribution < 1.29 is 5.11 Å². The van der Waals surface area contributed by atoms with E-state index in [0.29, 0.717) is 6.04 Å². The van der Waals surface area contributed by atoms with Gasteiger partial charge in [0.05, 0.1) is 0 Å². The van der Waals surface area contributed by atoms with E-state index in [9.17, 15) is 5.11 Å². The highest BCUT2D eigenvalue weighted by atomic mass is 16.3. The van der Waals surface area contributed by atoms with Gasteiger partial charge in [-0.2, -0.15) is 0 Å². The Balaban J connectivity index is 2.41. The Hall–Kier alpha value is -0.0800. The van der Waals surface area contributed by atoms with Crippen molar-refractivity contribution in [2.75, 3.05) is 6.54 Å². The van der Waals surface area contributed by atoms with Gasteiger partial charge >= 0.3 is 0 Å². The van der Waals surface area contributed by atoms with Gasteiger partial charge in [-0.25, -0.2) is 0 Å². The van der Waals surface area contributed by atoms with Gasteiger partial charge in [0.2, 0.25) is 0 Å². The van der Waals surface area contributed by atoms with Crippen LogP contribution in [0.25, 0.3) is 0 Å². The first-order valence-electron chi connectivity index (χ1n) is 4.60. The summed E-state index contributed by atoms with van der Waals surface area (Å²) in [6.07, 6.45) is 2.32. The fraction of sp³-hybridized carbons (Fsp3) is 1.00. The lowest BCUT2D eigenvalue weighted by Gasteiger charge is -2.43. The van der Waals surface area contributed by atoms with Crippen LogP contribution in [-0.2, 0) is 0 Å². The summed E-state index contributed by atoms with van der Waals surface area (Å²) in [5.41, 5.74) is 0. The summed E-state index contributed by atoms with van der Waals surface area (Å²) in [6, 6.07) is 0.639. The van der Waals surface area contributed by atoms with E-state index >= 15 is 0 Å². The first-order valence-corrected chi connectivity index (χ1v) is 4.60. The van der Waals surface area contributed by atoms with Crippen LogP contribution in [0.5, 0.6) is 0 Å². The Bertz CT molecular complexity index is 125. The van der Waals surface area contributed by atoms with Crippen LogP contribution in [-0.4, -0.2) is 28.8 Å². The summed E-state index contributed by atoms with van der Waals surface area (Å²) < 4.78 is 0. The maximum absolute atomic E-state index is 9.39. The van der Waals surface area contributed by atoms with E-state index < -0.39 is 0 Å². The van der Waals surface area contributed by atoms with Gasteiger partial charge < -0.3 is 5.11 Å². The van der Waals surface area contributed by atoms with Gasteiger partial charge in [-0.1, -0.05) is 13.8 Å². The molecule has 0 radical (unpaired) electrons. The molecule has 0 amide bonds. The number of rotatable bonds is 3. The van der Waals surface area contributed by atoms with Crippen LogP contribution in [0.1, 0.15) is 33.6 Å². The minimum atomic E-state index is -0.271. The Morgan fingerprint density at radius 1 is 1.55 bits per heavy atom. The minimum absolute atomic E-state index is 0.271. The third-order valence-corrected chi connectivity index (χ3v) is 2.85. The molecule has 0 spiro atoms. The topological polar surface area (TPSA) is 23.5 Å². The second-order valence-electron chi connectivity index (χ2n) is 3.58. The van der Waals surface area contributed by atoms with Crippen molar-refractivity contribution in [3.8, 4) is 0 Å². The van der Waals surface area contributed by atoms with Gasteiger partial charge in [-0.05, 0) is 32.2 Å². The van der Waals surface area contributed by atoms with Gasteiger partial charge in [-0.15, -0.1) is 0 Å². The molecule has 0 aliphatic heterocycles. The van der Waals surface area contributed by atoms with Gasteiger partial charge in [0.1, 0.15) is 6.23 Å². The second-order valence-corrected chi connectivity index (χ2v) is 3.58. The third kappa shape index (κ3) is 1.74. The molecule has 3 unspecified atom stereocenters. The summed E-state index contributed by atoms with van der Waals surface area (Å²) in [5, 5.41) is 9.39. The van der Waals surface area contributed by atoms with Crippen molar-refractivity contribution in [3.05, 3.63) is 0 Å². The zero-order valence-corrected chi connectivity index (χ0v) is 7.75. The molecule has 3 atom stereocenters. The molecule has 0 aromatic carbocycles. The van der Waals surface area contributed by atoms with E-state index in [1.54, 1.807) is 0 Å². The molecule has 2 nitrogen and oxygen atoms in total. The minimum Gasteiger partial charge on any atom is -0.379 e. The maximum atomic E-state index is 9.39. The van der Waals surface area contributed by atoms with Crippen LogP contribution in [0.4, 0.5) is 0 Å². The number of aliphatic hydroxyl groups excluding tert-OH is 1. The van der Waals surface area contributed by atoms with Crippen molar-refractivity contribution in [1.82, 2.24) is 4.90 Å². The van der Waals surface area contributed by atoms with Crippen LogP contribution in [0, 0.1) is 5.92 Å². The smallest absolute Gasteiger partial charge is 0.104 e. The lowest BCUT2D eigenvalue weighted by Crippen LogP contribution is -2.49. The quantitative estimate of drug-likeness (QED) is 0.627. The molecule has 1 fully saturated rings. The lowest BCUT2D eigenvalue weighted by atomic mass is 9.80. The lowest BCUT2D eigenvalue weighted by molar-refractivity contribution is -0.0522. The van der Waals surface area contributed by atoms with E-state index in [1.807, 2.05) is 6.92 Å². The number of nitrogens with zero attached hydrogens (tertiary/aromatic N) is 1. The fourth-order valence-corrected chi connectivity index (χ4v) is 1.92. The highest BCUT2D eigenvalue weighted by Crippen LogP contribution is 2.31. The normalized spacial score (nSPS) is 33.5. The van der Waals surface area contributed by atoms with Crippen molar-refractivity contribution in [2.24, 2.45) is 5.92 Å². The molecule has 1 aliphatic rings. The molecule has 1 N–H and O–H groups in total. The van der Waals surface area contributed by atoms with Crippen LogP contribution >= 0.6 is 0 Å². The number of aliphatic hydroxyl groups is 1. The summed E-state index contributed by atoms with van der Waals surface area (Å²) in [5.74, 6) is 0.782. The maximum Gasteiger partial charge on any atom is 0.104 e. The molecule has 0 bridgehead atoms. The highest BCUT2D eigenvalue weighted by Gasteiger charge is 2.32. The van der Waals surface area contributed by atoms with E-state index in [-0.39, 0.29) is 6.23 Å². The monoisotopic (exact) mass is 157 g/mol. The van der Waals surface area contributed by atoms with Crippen molar-refractivity contribution >= 4 is 0 Å². The van der Waals surface area contributed by atoms with Gasteiger partial charge in [0.15, 0.2) is 0 Å². The van der Waals surface area contributed by atoms with Crippen molar-refractivity contribution in [1.29, 1.82) is 0 Å². The summed E-state index contributed by atoms with van der Waals surface area (Å²) in [7, 11) is 0. The zero-order valence-electron chi connectivity index (χ0n) is 7.75. The molecule has 66 valence electrons. The zero-order chi connectivity index (χ0) is 8.43. The molecule has 1 aliphatic carbocycles. The standard InChI is InChI=1S/C9H19NO/c1-4-10(8(3)11)9-6-5-7(9)2/h7-9,11H,4-6H2,1-3H3. The number of hydrogen-bond acceptors (Lipinski definition) is 2. The molecular formula is C9H19NO. The summed E-state index contributed by atoms with van der Waals surface area (Å²) in [4.78, 5) is 2.17. The fourth-order valence-electron chi connectivity index (χ4n) is 1.92. The Labute approximate surface area is 69.2 Å². The summed E-state index contributed by atoms with van der Waals surface area (Å²) in [6.45, 7) is 7.19. The largest absolute Gasteiger partial charge is 0.379 e. The molecule has 0 aromatic heterocycles. The highest BCUT2D eigenvalue weighted by molar-refractivity contribution is 4.85. The first-order chi connectivity index (χ1) is 5.16. The average Bonchev–Trinajstić information content (AvgIpc) is 1.96. The van der Waals surface area contributed by atoms with Crippen LogP contribution in [0.3, 0.4) is 0 Å². The van der Waals surface area contributed by atoms with Crippen molar-refractivity contribution in [2.45, 2.75) is 45.9 Å². The Morgan fingerprint density at radius 2 is 2.18 bits per heavy atom. The van der Waals surface area contributed by atoms with E-state index in [1.165, 1.54) is 12.8 Å². The van der Waals surface area contributed by atoms with Gasteiger partial charge in [0.25, 0.3) is 0 Å². The second kappa shape index (κ2) is 3.55. The van der Waals surface area contributed by atoms with Gasteiger partial charge in [0, 0.05) is 6.04 Å². The number of hydrogen-bond donors (Lipinski definition) is 1. The van der Waals surface area contributed by atoms with Crippen LogP contribution in [0.15, 0.2) is 0 Å². The van der Waals surface area contributed by atoms with E-state index in [0.717, 1.165) is 12.5 Å². The van der Waals surface area contributed by atoms with Crippen molar-refractivity contribution in [3.63, 3.8) is 0 Å². The van der Waals surface area contributed by atoms with E-state index in [4.69, 9.17) is 0 Å². The van der Waals surface area contributed by atoms with E-state index in [2.05, 4.69) is 18.7 Å². The molecule has 0 aromatic rings. The summed E-state index contributed by atoms with van der Waals surface area (Å²) >= 11 is 0. The average molecular weight is 157 g/mol. The molecule has 0 saturated heterocycles. The molecule has 11 heavy (non-hydrogen) atoms. The molecule has 1 rings (SSSR count). The van der Waals surface area contributed by atoms with Gasteiger partial charge in [-0.3, -0.25) is 4.90 Å². The molecular weight excluding hydrogens is 138 g/mol. The Morgan fingerprint density at radius 3 is 2.27 bits per heavy atom. The predicted octanol–water partition coefficient (Wildman–Crippen LogP) is 1.45. The third-order valence-electron chi connectivity index (χ3n) is 2.85. The van der Waals surface area contributed by atoms with Crippen LogP contribution < -0.4 is 0 Å². The predicted molar refractivity (Wildman–Crippen MR) is 46.2 cm³/mol. The SMILES string of the molecule is CCN(C(C)O)C1CCC1C. The molecule has 2 heteroatoms. The first kappa shape index (κ1) is 9.01.